The maximum absolute atomic E-state index is 2.36. The van der Waals surface area contributed by atoms with Gasteiger partial charge in [0, 0.05) is 0 Å². The van der Waals surface area contributed by atoms with Crippen LogP contribution in [0.15, 0.2) is 194 Å². The first-order valence-electron chi connectivity index (χ1n) is 16.4. The fourth-order valence-corrected chi connectivity index (χ4v) is 10.8. The fraction of sp³-hybridized carbons (Fsp3) is 0.0435. The molecule has 0 heterocycles. The highest BCUT2D eigenvalue weighted by Crippen LogP contribution is 2.35. The van der Waals surface area contributed by atoms with Crippen LogP contribution >= 0.6 is 15.8 Å². The van der Waals surface area contributed by atoms with Crippen molar-refractivity contribution in [3.63, 3.8) is 0 Å². The summed E-state index contributed by atoms with van der Waals surface area (Å²) in [7, 11) is -1.05. The molecule has 0 nitrogen and oxygen atoms in total. The topological polar surface area (TPSA) is 0 Å². The molecule has 0 saturated heterocycles. The highest BCUT2D eigenvalue weighted by Gasteiger charge is 2.17. The molecule has 48 heavy (non-hydrogen) atoms. The van der Waals surface area contributed by atoms with Crippen molar-refractivity contribution in [2.45, 2.75) is 13.8 Å². The van der Waals surface area contributed by atoms with Crippen molar-refractivity contribution in [3.05, 3.63) is 205 Å². The van der Waals surface area contributed by atoms with E-state index in [9.17, 15) is 0 Å². The third-order valence-electron chi connectivity index (χ3n) is 8.53. The second-order valence-electron chi connectivity index (χ2n) is 12.1. The maximum Gasteiger partial charge on any atom is -0.0134 e. The van der Waals surface area contributed by atoms with Crippen LogP contribution < -0.4 is 31.8 Å². The van der Waals surface area contributed by atoms with Gasteiger partial charge in [-0.05, 0) is 95.2 Å². The molecule has 0 aliphatic carbocycles. The Kier molecular flexibility index (Phi) is 9.86. The number of hydrogen-bond donors (Lipinski definition) is 0. The average Bonchev–Trinajstić information content (AvgIpc) is 3.14. The van der Waals surface area contributed by atoms with E-state index >= 15 is 0 Å². The van der Waals surface area contributed by atoms with Crippen molar-refractivity contribution in [3.8, 4) is 0 Å². The van der Waals surface area contributed by atoms with Gasteiger partial charge in [-0.2, -0.15) is 0 Å². The maximum atomic E-state index is 2.36. The van der Waals surface area contributed by atoms with E-state index in [-0.39, 0.29) is 0 Å². The first-order chi connectivity index (χ1) is 23.6. The van der Waals surface area contributed by atoms with Crippen molar-refractivity contribution in [2.24, 2.45) is 0 Å². The van der Waals surface area contributed by atoms with Gasteiger partial charge in [-0.25, -0.2) is 0 Å². The van der Waals surface area contributed by atoms with Gasteiger partial charge in [-0.3, -0.25) is 0 Å². The molecule has 0 fully saturated rings. The first kappa shape index (κ1) is 31.7. The van der Waals surface area contributed by atoms with Crippen LogP contribution in [0.2, 0.25) is 0 Å². The molecule has 232 valence electrons. The van der Waals surface area contributed by atoms with Crippen LogP contribution in [-0.2, 0) is 0 Å². The Bertz CT molecular complexity index is 2000. The lowest BCUT2D eigenvalue weighted by Crippen LogP contribution is -2.20. The van der Waals surface area contributed by atoms with Crippen LogP contribution in [0.4, 0.5) is 0 Å². The summed E-state index contributed by atoms with van der Waals surface area (Å²) >= 11 is 0. The van der Waals surface area contributed by atoms with Crippen LogP contribution in [0, 0.1) is 13.8 Å². The molecule has 0 radical (unpaired) electrons. The number of rotatable bonds is 6. The first-order valence-corrected chi connectivity index (χ1v) is 19.1. The SMILES string of the molecule is Cc1ccc2cc(P(c3ccccc3)c3ccccc3)ccc2c1.Cc1ccc2cc(P(c3ccccc3)c3ccccc3)ccc2c1. The predicted octanol–water partition coefficient (Wildman–Crippen LogP) is 9.81. The van der Waals surface area contributed by atoms with Gasteiger partial charge in [0.2, 0.25) is 0 Å². The van der Waals surface area contributed by atoms with Gasteiger partial charge in [-0.1, -0.05) is 193 Å². The lowest BCUT2D eigenvalue weighted by atomic mass is 10.1. The third-order valence-corrected chi connectivity index (χ3v) is 13.4. The summed E-state index contributed by atoms with van der Waals surface area (Å²) in [5, 5.41) is 13.6. The van der Waals surface area contributed by atoms with Crippen molar-refractivity contribution in [2.75, 3.05) is 0 Å². The Labute approximate surface area is 287 Å². The molecule has 0 saturated carbocycles. The van der Waals surface area contributed by atoms with E-state index < -0.39 is 15.8 Å². The van der Waals surface area contributed by atoms with Crippen molar-refractivity contribution >= 4 is 69.2 Å². The second-order valence-corrected chi connectivity index (χ2v) is 16.5. The molecular weight excluding hydrogens is 614 g/mol. The van der Waals surface area contributed by atoms with E-state index in [1.165, 1.54) is 64.5 Å². The van der Waals surface area contributed by atoms with Gasteiger partial charge in [0.05, 0.1) is 0 Å². The third kappa shape index (κ3) is 7.32. The van der Waals surface area contributed by atoms with Gasteiger partial charge in [0.1, 0.15) is 0 Å². The van der Waals surface area contributed by atoms with E-state index in [0.29, 0.717) is 0 Å². The second kappa shape index (κ2) is 14.9. The van der Waals surface area contributed by atoms with Gasteiger partial charge in [0.25, 0.3) is 0 Å². The molecule has 0 aliphatic rings. The smallest absolute Gasteiger partial charge is 0.0134 e. The van der Waals surface area contributed by atoms with E-state index in [4.69, 9.17) is 0 Å². The molecular formula is C46H38P2. The molecule has 0 bridgehead atoms. The minimum atomic E-state index is -0.527. The van der Waals surface area contributed by atoms with Crippen LogP contribution in [0.3, 0.4) is 0 Å². The fourth-order valence-electron chi connectivity index (χ4n) is 6.19. The van der Waals surface area contributed by atoms with Gasteiger partial charge >= 0.3 is 0 Å². The standard InChI is InChI=1S/2C23H19P/c2*1-18-12-13-20-17-23(15-14-19(20)16-18)24(21-8-4-2-5-9-21)22-10-6-3-7-11-22/h2*2-17H,1H3. The molecule has 0 N–H and O–H groups in total. The molecule has 8 aromatic rings. The number of benzene rings is 8. The summed E-state index contributed by atoms with van der Waals surface area (Å²) in [4.78, 5) is 0. The van der Waals surface area contributed by atoms with Crippen LogP contribution in [0.5, 0.6) is 0 Å². The lowest BCUT2D eigenvalue weighted by Gasteiger charge is -2.19. The summed E-state index contributed by atoms with van der Waals surface area (Å²) in [5.41, 5.74) is 2.62. The van der Waals surface area contributed by atoms with Gasteiger partial charge in [0.15, 0.2) is 0 Å². The predicted molar refractivity (Wildman–Crippen MR) is 215 cm³/mol. The van der Waals surface area contributed by atoms with E-state index in [1.54, 1.807) is 0 Å². The van der Waals surface area contributed by atoms with Crippen molar-refractivity contribution < 1.29 is 0 Å². The van der Waals surface area contributed by atoms with E-state index in [0.717, 1.165) is 0 Å². The average molecular weight is 653 g/mol. The monoisotopic (exact) mass is 652 g/mol. The van der Waals surface area contributed by atoms with Gasteiger partial charge < -0.3 is 0 Å². The molecule has 0 amide bonds. The lowest BCUT2D eigenvalue weighted by molar-refractivity contribution is 1.51. The number of aryl methyl sites for hydroxylation is 2. The molecule has 0 unspecified atom stereocenters. The summed E-state index contributed by atoms with van der Waals surface area (Å²) < 4.78 is 0. The number of hydrogen-bond acceptors (Lipinski definition) is 0. The molecule has 0 aliphatic heterocycles. The molecule has 0 spiro atoms. The van der Waals surface area contributed by atoms with Crippen molar-refractivity contribution in [1.82, 2.24) is 0 Å². The highest BCUT2D eigenvalue weighted by molar-refractivity contribution is 7.80. The largest absolute Gasteiger partial charge is 0.0622 e. The Balaban J connectivity index is 0.000000152. The normalized spacial score (nSPS) is 11.1. The van der Waals surface area contributed by atoms with Crippen molar-refractivity contribution in [1.29, 1.82) is 0 Å². The zero-order chi connectivity index (χ0) is 32.7. The molecule has 8 rings (SSSR count). The molecule has 2 heteroatoms. The quantitative estimate of drug-likeness (QED) is 0.157. The van der Waals surface area contributed by atoms with E-state index in [2.05, 4.69) is 208 Å². The summed E-state index contributed by atoms with van der Waals surface area (Å²) in [6, 6.07) is 70.6. The zero-order valence-electron chi connectivity index (χ0n) is 27.4. The summed E-state index contributed by atoms with van der Waals surface area (Å²) in [5.74, 6) is 0. The minimum absolute atomic E-state index is 0.527. The van der Waals surface area contributed by atoms with Crippen LogP contribution in [-0.4, -0.2) is 0 Å². The minimum Gasteiger partial charge on any atom is -0.0622 e. The van der Waals surface area contributed by atoms with Crippen LogP contribution in [0.1, 0.15) is 11.1 Å². The Morgan fingerprint density at radius 1 is 0.250 bits per heavy atom. The zero-order valence-corrected chi connectivity index (χ0v) is 29.2. The van der Waals surface area contributed by atoms with Crippen LogP contribution in [0.25, 0.3) is 21.5 Å². The molecule has 0 atom stereocenters. The van der Waals surface area contributed by atoms with E-state index in [1.807, 2.05) is 0 Å². The summed E-state index contributed by atoms with van der Waals surface area (Å²) in [6.07, 6.45) is 0. The van der Waals surface area contributed by atoms with Gasteiger partial charge in [-0.15, -0.1) is 0 Å². The summed E-state index contributed by atoms with van der Waals surface area (Å²) in [6.45, 7) is 4.29. The Morgan fingerprint density at radius 2 is 0.521 bits per heavy atom. The number of fused-ring (bicyclic) bond motifs is 2. The highest BCUT2D eigenvalue weighted by atomic mass is 31.1. The molecule has 8 aromatic carbocycles. The Morgan fingerprint density at radius 3 is 0.833 bits per heavy atom. The molecule has 0 aromatic heterocycles. The Hall–Kier alpha value is -4.86.